The van der Waals surface area contributed by atoms with E-state index in [4.69, 9.17) is 12.2 Å². The van der Waals surface area contributed by atoms with Gasteiger partial charge in [0.05, 0.1) is 12.6 Å². The molecule has 1 aliphatic heterocycles. The number of carbonyl (C=O) groups is 1. The molecule has 1 saturated heterocycles. The molecule has 1 amide bonds. The van der Waals surface area contributed by atoms with Crippen LogP contribution in [-0.4, -0.2) is 43.2 Å². The van der Waals surface area contributed by atoms with E-state index in [1.54, 1.807) is 12.3 Å². The van der Waals surface area contributed by atoms with Crippen molar-refractivity contribution in [1.82, 2.24) is 24.2 Å². The first-order valence-electron chi connectivity index (χ1n) is 8.89. The second kappa shape index (κ2) is 7.58. The van der Waals surface area contributed by atoms with Crippen LogP contribution in [0.1, 0.15) is 31.7 Å². The highest BCUT2D eigenvalue weighted by molar-refractivity contribution is 9.10. The van der Waals surface area contributed by atoms with Crippen LogP contribution >= 0.6 is 28.1 Å². The highest BCUT2D eigenvalue weighted by Gasteiger charge is 2.28. The number of nitrogens with one attached hydrogen (secondary N) is 1. The highest BCUT2D eigenvalue weighted by atomic mass is 79.9. The average molecular weight is 437 g/mol. The summed E-state index contributed by atoms with van der Waals surface area (Å²) >= 11 is 8.88. The number of nitrogens with zero attached hydrogens (tertiary/aromatic N) is 5. The second-order valence-electron chi connectivity index (χ2n) is 6.96. The molecule has 0 unspecified atom stereocenters. The molecule has 2 fully saturated rings. The average Bonchev–Trinajstić information content (AvgIpc) is 3.42. The summed E-state index contributed by atoms with van der Waals surface area (Å²) in [5.41, 5.74) is 0. The van der Waals surface area contributed by atoms with Crippen LogP contribution in [0.3, 0.4) is 0 Å². The number of halogens is 1. The van der Waals surface area contributed by atoms with Gasteiger partial charge in [0.25, 0.3) is 0 Å². The third kappa shape index (κ3) is 4.05. The molecule has 0 bridgehead atoms. The van der Waals surface area contributed by atoms with Crippen molar-refractivity contribution in [2.45, 2.75) is 38.4 Å². The molecule has 0 aromatic carbocycles. The molecule has 9 heteroatoms. The normalized spacial score (nSPS) is 20.9. The maximum absolute atomic E-state index is 12.6. The minimum absolute atomic E-state index is 0.0247. The lowest BCUT2D eigenvalue weighted by Crippen LogP contribution is -2.41. The molecular weight excluding hydrogens is 416 g/mol. The van der Waals surface area contributed by atoms with Gasteiger partial charge in [0.15, 0.2) is 4.77 Å². The molecule has 3 heterocycles. The zero-order valence-corrected chi connectivity index (χ0v) is 16.7. The molecule has 2 aromatic heterocycles. The number of pyridine rings is 1. The zero-order chi connectivity index (χ0) is 18.1. The van der Waals surface area contributed by atoms with Gasteiger partial charge in [-0.2, -0.15) is 5.10 Å². The topological polar surface area (TPSA) is 68.0 Å². The van der Waals surface area contributed by atoms with Crippen LogP contribution in [0, 0.1) is 10.7 Å². The lowest BCUT2D eigenvalue weighted by Gasteiger charge is -2.31. The van der Waals surface area contributed by atoms with Gasteiger partial charge in [-0.15, -0.1) is 0 Å². The quantitative estimate of drug-likeness (QED) is 0.728. The number of anilines is 1. The number of hydrogen-bond acceptors (Lipinski definition) is 5. The maximum atomic E-state index is 12.6. The first-order valence-corrected chi connectivity index (χ1v) is 10.1. The van der Waals surface area contributed by atoms with Gasteiger partial charge in [0, 0.05) is 23.3 Å². The fourth-order valence-electron chi connectivity index (χ4n) is 3.32. The minimum Gasteiger partial charge on any atom is -0.310 e. The molecule has 1 aliphatic carbocycles. The summed E-state index contributed by atoms with van der Waals surface area (Å²) < 4.78 is 5.62. The van der Waals surface area contributed by atoms with E-state index < -0.39 is 0 Å². The van der Waals surface area contributed by atoms with Crippen LogP contribution in [0.15, 0.2) is 29.1 Å². The molecule has 1 saturated carbocycles. The van der Waals surface area contributed by atoms with Gasteiger partial charge in [-0.05, 0) is 72.5 Å². The Bertz CT molecular complexity index is 844. The van der Waals surface area contributed by atoms with Crippen molar-refractivity contribution < 1.29 is 4.79 Å². The smallest absolute Gasteiger partial charge is 0.229 e. The third-order valence-electron chi connectivity index (χ3n) is 4.89. The van der Waals surface area contributed by atoms with E-state index in [1.807, 2.05) is 17.1 Å². The fraction of sp³-hybridized carbons (Fsp3) is 0.529. The number of hydrogen-bond donors (Lipinski definition) is 1. The van der Waals surface area contributed by atoms with Crippen LogP contribution in [0.4, 0.5) is 5.82 Å². The van der Waals surface area contributed by atoms with E-state index in [2.05, 4.69) is 40.8 Å². The summed E-state index contributed by atoms with van der Waals surface area (Å²) in [4.78, 5) is 19.0. The molecule has 138 valence electrons. The van der Waals surface area contributed by atoms with Gasteiger partial charge >= 0.3 is 0 Å². The van der Waals surface area contributed by atoms with Crippen molar-refractivity contribution in [2.24, 2.45) is 5.92 Å². The molecular formula is C17H21BrN6OS. The van der Waals surface area contributed by atoms with Gasteiger partial charge in [0.2, 0.25) is 5.91 Å². The summed E-state index contributed by atoms with van der Waals surface area (Å²) in [7, 11) is 0. The summed E-state index contributed by atoms with van der Waals surface area (Å²) in [6, 6.07) is 4.20. The molecule has 4 rings (SSSR count). The molecule has 0 spiro atoms. The van der Waals surface area contributed by atoms with E-state index in [9.17, 15) is 4.79 Å². The minimum atomic E-state index is -0.0473. The van der Waals surface area contributed by atoms with Crippen LogP contribution in [0.25, 0.3) is 0 Å². The summed E-state index contributed by atoms with van der Waals surface area (Å²) in [5, 5.41) is 7.35. The zero-order valence-electron chi connectivity index (χ0n) is 14.3. The Balaban J connectivity index is 1.37. The number of piperidine rings is 1. The van der Waals surface area contributed by atoms with E-state index >= 15 is 0 Å². The second-order valence-corrected chi connectivity index (χ2v) is 8.24. The van der Waals surface area contributed by atoms with E-state index in [1.165, 1.54) is 12.8 Å². The summed E-state index contributed by atoms with van der Waals surface area (Å²) in [5.74, 6) is 0.561. The molecule has 1 N–H and O–H groups in total. The predicted molar refractivity (Wildman–Crippen MR) is 104 cm³/mol. The first-order chi connectivity index (χ1) is 12.6. The summed E-state index contributed by atoms with van der Waals surface area (Å²) in [6.45, 7) is 2.30. The maximum Gasteiger partial charge on any atom is 0.229 e. The van der Waals surface area contributed by atoms with Crippen molar-refractivity contribution >= 4 is 39.9 Å². The highest BCUT2D eigenvalue weighted by Crippen LogP contribution is 2.34. The van der Waals surface area contributed by atoms with Gasteiger partial charge < -0.3 is 9.88 Å². The SMILES string of the molecule is O=C(Nc1ccc(Br)cn1)[C@@H]1CCCN(Cn2ncn(C3CC3)c2=S)C1. The largest absolute Gasteiger partial charge is 0.310 e. The van der Waals surface area contributed by atoms with E-state index in [0.717, 1.165) is 28.6 Å². The van der Waals surface area contributed by atoms with Crippen molar-refractivity contribution in [3.8, 4) is 0 Å². The van der Waals surface area contributed by atoms with Crippen LogP contribution < -0.4 is 5.32 Å². The third-order valence-corrected chi connectivity index (χ3v) is 5.78. The van der Waals surface area contributed by atoms with E-state index in [0.29, 0.717) is 25.1 Å². The number of amides is 1. The first kappa shape index (κ1) is 17.8. The predicted octanol–water partition coefficient (Wildman–Crippen LogP) is 3.21. The van der Waals surface area contributed by atoms with Crippen molar-refractivity contribution in [3.05, 3.63) is 33.9 Å². The van der Waals surface area contributed by atoms with Crippen molar-refractivity contribution in [3.63, 3.8) is 0 Å². The standard InChI is InChI=1S/C17H21BrN6OS/c18-13-3-6-15(19-8-13)21-16(25)12-2-1-7-22(9-12)11-24-17(26)23(10-20-24)14-4-5-14/h3,6,8,10,12,14H,1-2,4-5,7,9,11H2,(H,19,21,25)/t12-/m1/s1. The Hall–Kier alpha value is -1.58. The number of rotatable bonds is 5. The van der Waals surface area contributed by atoms with Crippen molar-refractivity contribution in [2.75, 3.05) is 18.4 Å². The number of carbonyl (C=O) groups excluding carboxylic acids is 1. The Kier molecular flexibility index (Phi) is 5.19. The lowest BCUT2D eigenvalue weighted by atomic mass is 9.97. The number of likely N-dealkylation sites (tertiary alicyclic amines) is 1. The van der Waals surface area contributed by atoms with Crippen LogP contribution in [0.5, 0.6) is 0 Å². The molecule has 1 atom stereocenters. The fourth-order valence-corrected chi connectivity index (χ4v) is 3.85. The molecule has 26 heavy (non-hydrogen) atoms. The summed E-state index contributed by atoms with van der Waals surface area (Å²) in [6.07, 6.45) is 7.78. The molecule has 7 nitrogen and oxygen atoms in total. The Labute approximate surface area is 165 Å². The van der Waals surface area contributed by atoms with Gasteiger partial charge in [-0.25, -0.2) is 9.67 Å². The Morgan fingerprint density at radius 1 is 1.35 bits per heavy atom. The van der Waals surface area contributed by atoms with Crippen LogP contribution in [0.2, 0.25) is 0 Å². The van der Waals surface area contributed by atoms with Crippen molar-refractivity contribution in [1.29, 1.82) is 0 Å². The van der Waals surface area contributed by atoms with Gasteiger partial charge in [-0.1, -0.05) is 0 Å². The Morgan fingerprint density at radius 3 is 2.92 bits per heavy atom. The van der Waals surface area contributed by atoms with Gasteiger partial charge in [0.1, 0.15) is 12.1 Å². The Morgan fingerprint density at radius 2 is 2.19 bits per heavy atom. The van der Waals surface area contributed by atoms with E-state index in [-0.39, 0.29) is 11.8 Å². The molecule has 2 aromatic rings. The molecule has 0 radical (unpaired) electrons. The molecule has 2 aliphatic rings. The monoisotopic (exact) mass is 436 g/mol. The lowest BCUT2D eigenvalue weighted by molar-refractivity contribution is -0.121. The number of aromatic nitrogens is 4. The van der Waals surface area contributed by atoms with Crippen LogP contribution in [-0.2, 0) is 11.5 Å². The van der Waals surface area contributed by atoms with Gasteiger partial charge in [-0.3, -0.25) is 9.69 Å².